The monoisotopic (exact) mass is 419 g/mol. The molecule has 5 rings (SSSR count). The van der Waals surface area contributed by atoms with Crippen molar-refractivity contribution >= 4 is 28.7 Å². The fraction of sp³-hybridized carbons (Fsp3) is 0.238. The van der Waals surface area contributed by atoms with E-state index in [9.17, 15) is 4.79 Å². The van der Waals surface area contributed by atoms with Gasteiger partial charge in [0.2, 0.25) is 0 Å². The largest absolute Gasteiger partial charge is 0.365 e. The highest BCUT2D eigenvalue weighted by Crippen LogP contribution is 2.29. The fourth-order valence-corrected chi connectivity index (χ4v) is 4.48. The first-order valence-corrected chi connectivity index (χ1v) is 10.6. The van der Waals surface area contributed by atoms with E-state index in [1.807, 2.05) is 23.6 Å². The van der Waals surface area contributed by atoms with Crippen LogP contribution in [0.25, 0.3) is 17.2 Å². The Morgan fingerprint density at radius 1 is 1.30 bits per heavy atom. The normalized spacial score (nSPS) is 13.4. The summed E-state index contributed by atoms with van der Waals surface area (Å²) in [5.41, 5.74) is 10.1. The number of aryl methyl sites for hydroxylation is 1. The van der Waals surface area contributed by atoms with Crippen molar-refractivity contribution in [2.45, 2.75) is 26.4 Å². The maximum Gasteiger partial charge on any atom is 0.252 e. The molecule has 0 radical (unpaired) electrons. The van der Waals surface area contributed by atoms with Crippen LogP contribution in [0, 0.1) is 6.92 Å². The topological polar surface area (TPSA) is 110 Å². The summed E-state index contributed by atoms with van der Waals surface area (Å²) >= 11 is 1.71. The number of nitrogens with zero attached hydrogens (tertiary/aromatic N) is 4. The molecule has 0 saturated carbocycles. The van der Waals surface area contributed by atoms with E-state index in [0.717, 1.165) is 41.4 Å². The summed E-state index contributed by atoms with van der Waals surface area (Å²) in [5.74, 6) is 0.925. The Kier molecular flexibility index (Phi) is 4.68. The van der Waals surface area contributed by atoms with Crippen molar-refractivity contribution in [3.63, 3.8) is 0 Å². The van der Waals surface area contributed by atoms with Crippen molar-refractivity contribution in [1.82, 2.24) is 24.7 Å². The molecule has 30 heavy (non-hydrogen) atoms. The number of nitrogens with one attached hydrogen (secondary N) is 2. The number of primary amides is 1. The molecule has 0 aromatic carbocycles. The minimum Gasteiger partial charge on any atom is -0.365 e. The molecule has 1 amide bonds. The number of carbonyl (C=O) groups excluding carboxylic acids is 1. The lowest BCUT2D eigenvalue weighted by Gasteiger charge is -2.20. The van der Waals surface area contributed by atoms with E-state index in [2.05, 4.69) is 27.1 Å². The molecule has 0 bridgehead atoms. The Balaban J connectivity index is 1.64. The Hall–Kier alpha value is -3.30. The van der Waals surface area contributed by atoms with Crippen molar-refractivity contribution in [2.75, 3.05) is 11.9 Å². The quantitative estimate of drug-likeness (QED) is 0.458. The second-order valence-electron chi connectivity index (χ2n) is 7.21. The first-order chi connectivity index (χ1) is 14.6. The standard InChI is InChI=1S/C21H21N7OS/c1-12-17(28-8-2-5-15(18(22)29)21(28)25-12)20-26-16-11-23-7-6-14(16)19(27-20)24-10-13-4-3-9-30-13/h2-5,8-9,23H,6-7,10-11H2,1H3,(H2,22,29)(H,24,26,27). The van der Waals surface area contributed by atoms with E-state index in [-0.39, 0.29) is 0 Å². The number of fused-ring (bicyclic) bond motifs is 2. The maximum absolute atomic E-state index is 11.8. The summed E-state index contributed by atoms with van der Waals surface area (Å²) in [6.45, 7) is 4.21. The SMILES string of the molecule is Cc1nc2c(C(N)=O)cccn2c1-c1nc2c(c(NCc3cccs3)n1)CCNC2. The average molecular weight is 420 g/mol. The fourth-order valence-electron chi connectivity index (χ4n) is 3.84. The van der Waals surface area contributed by atoms with Gasteiger partial charge in [-0.1, -0.05) is 6.07 Å². The zero-order valence-corrected chi connectivity index (χ0v) is 17.3. The van der Waals surface area contributed by atoms with Gasteiger partial charge in [-0.3, -0.25) is 9.20 Å². The van der Waals surface area contributed by atoms with E-state index in [1.165, 1.54) is 4.88 Å². The number of anilines is 1. The first kappa shape index (κ1) is 18.7. The van der Waals surface area contributed by atoms with Crippen LogP contribution in [0.4, 0.5) is 5.82 Å². The van der Waals surface area contributed by atoms with Crippen LogP contribution in [0.5, 0.6) is 0 Å². The van der Waals surface area contributed by atoms with E-state index in [4.69, 9.17) is 15.7 Å². The highest BCUT2D eigenvalue weighted by molar-refractivity contribution is 7.09. The van der Waals surface area contributed by atoms with Crippen LogP contribution in [-0.4, -0.2) is 31.8 Å². The molecule has 0 unspecified atom stereocenters. The lowest BCUT2D eigenvalue weighted by Crippen LogP contribution is -2.26. The molecule has 0 fully saturated rings. The number of hydrogen-bond donors (Lipinski definition) is 3. The molecule has 9 heteroatoms. The number of nitrogens with two attached hydrogens (primary N) is 1. The highest BCUT2D eigenvalue weighted by Gasteiger charge is 2.22. The predicted octanol–water partition coefficient (Wildman–Crippen LogP) is 2.52. The third-order valence-electron chi connectivity index (χ3n) is 5.25. The number of pyridine rings is 1. The Bertz CT molecular complexity index is 1250. The highest BCUT2D eigenvalue weighted by atomic mass is 32.1. The number of carbonyl (C=O) groups is 1. The lowest BCUT2D eigenvalue weighted by molar-refractivity contribution is 0.100. The van der Waals surface area contributed by atoms with Gasteiger partial charge >= 0.3 is 0 Å². The van der Waals surface area contributed by atoms with E-state index < -0.39 is 5.91 Å². The van der Waals surface area contributed by atoms with Crippen LogP contribution in [-0.2, 0) is 19.5 Å². The number of amides is 1. The van der Waals surface area contributed by atoms with Gasteiger partial charge in [0.15, 0.2) is 5.82 Å². The van der Waals surface area contributed by atoms with Crippen LogP contribution in [0.3, 0.4) is 0 Å². The van der Waals surface area contributed by atoms with Crippen molar-refractivity contribution in [3.8, 4) is 11.5 Å². The molecule has 152 valence electrons. The summed E-state index contributed by atoms with van der Waals surface area (Å²) in [4.78, 5) is 27.4. The number of rotatable bonds is 5. The number of imidazole rings is 1. The Morgan fingerprint density at radius 3 is 3.00 bits per heavy atom. The van der Waals surface area contributed by atoms with Crippen molar-refractivity contribution in [2.24, 2.45) is 5.73 Å². The maximum atomic E-state index is 11.8. The van der Waals surface area contributed by atoms with Gasteiger partial charge in [-0.15, -0.1) is 11.3 Å². The Morgan fingerprint density at radius 2 is 2.20 bits per heavy atom. The summed E-state index contributed by atoms with van der Waals surface area (Å²) in [6.07, 6.45) is 2.73. The smallest absolute Gasteiger partial charge is 0.252 e. The first-order valence-electron chi connectivity index (χ1n) is 9.76. The van der Waals surface area contributed by atoms with E-state index in [0.29, 0.717) is 30.1 Å². The average Bonchev–Trinajstić information content (AvgIpc) is 3.38. The second kappa shape index (κ2) is 7.51. The molecular formula is C21H21N7OS. The molecule has 4 aromatic rings. The van der Waals surface area contributed by atoms with E-state index in [1.54, 1.807) is 23.5 Å². The zero-order valence-electron chi connectivity index (χ0n) is 16.5. The molecule has 0 saturated heterocycles. The van der Waals surface area contributed by atoms with E-state index >= 15 is 0 Å². The van der Waals surface area contributed by atoms with Gasteiger partial charge in [-0.05, 0) is 43.5 Å². The molecule has 0 atom stereocenters. The molecule has 8 nitrogen and oxygen atoms in total. The van der Waals surface area contributed by atoms with Gasteiger partial charge in [0.25, 0.3) is 5.91 Å². The summed E-state index contributed by atoms with van der Waals surface area (Å²) in [7, 11) is 0. The minimum absolute atomic E-state index is 0.377. The molecule has 0 spiro atoms. The molecule has 5 heterocycles. The number of thiophene rings is 1. The van der Waals surface area contributed by atoms with Gasteiger partial charge in [-0.25, -0.2) is 15.0 Å². The molecular weight excluding hydrogens is 398 g/mol. The third-order valence-corrected chi connectivity index (χ3v) is 6.13. The lowest BCUT2D eigenvalue weighted by atomic mass is 10.1. The van der Waals surface area contributed by atoms with Gasteiger partial charge in [0.05, 0.1) is 23.5 Å². The molecule has 4 N–H and O–H groups in total. The van der Waals surface area contributed by atoms with Gasteiger partial charge < -0.3 is 16.4 Å². The van der Waals surface area contributed by atoms with Crippen molar-refractivity contribution in [1.29, 1.82) is 0 Å². The summed E-state index contributed by atoms with van der Waals surface area (Å²) in [6, 6.07) is 7.62. The predicted molar refractivity (Wildman–Crippen MR) is 117 cm³/mol. The minimum atomic E-state index is -0.508. The van der Waals surface area contributed by atoms with Gasteiger partial charge in [-0.2, -0.15) is 0 Å². The van der Waals surface area contributed by atoms with Crippen LogP contribution in [0.1, 0.15) is 32.2 Å². The van der Waals surface area contributed by atoms with Crippen LogP contribution in [0.2, 0.25) is 0 Å². The molecule has 1 aliphatic heterocycles. The number of hydrogen-bond acceptors (Lipinski definition) is 7. The third kappa shape index (κ3) is 3.21. The van der Waals surface area contributed by atoms with Gasteiger partial charge in [0, 0.05) is 23.2 Å². The molecule has 1 aliphatic rings. The summed E-state index contributed by atoms with van der Waals surface area (Å²) in [5, 5.41) is 8.96. The molecule has 0 aliphatic carbocycles. The van der Waals surface area contributed by atoms with Crippen LogP contribution < -0.4 is 16.4 Å². The Labute approximate surface area is 177 Å². The second-order valence-corrected chi connectivity index (χ2v) is 8.24. The van der Waals surface area contributed by atoms with Crippen molar-refractivity contribution < 1.29 is 4.79 Å². The van der Waals surface area contributed by atoms with Crippen LogP contribution in [0.15, 0.2) is 35.8 Å². The van der Waals surface area contributed by atoms with Crippen molar-refractivity contribution in [3.05, 3.63) is 63.2 Å². The summed E-state index contributed by atoms with van der Waals surface area (Å²) < 4.78 is 1.84. The van der Waals surface area contributed by atoms with Gasteiger partial charge in [0.1, 0.15) is 17.2 Å². The van der Waals surface area contributed by atoms with Crippen LogP contribution >= 0.6 is 11.3 Å². The zero-order chi connectivity index (χ0) is 20.7. The number of aromatic nitrogens is 4. The molecule has 4 aromatic heterocycles.